The van der Waals surface area contributed by atoms with Gasteiger partial charge in [0.25, 0.3) is 0 Å². The zero-order chi connectivity index (χ0) is 23.2. The summed E-state index contributed by atoms with van der Waals surface area (Å²) in [5, 5.41) is 7.85. The van der Waals surface area contributed by atoms with Gasteiger partial charge in [-0.3, -0.25) is 14.5 Å². The summed E-state index contributed by atoms with van der Waals surface area (Å²) in [6.07, 6.45) is 3.65. The van der Waals surface area contributed by atoms with E-state index in [9.17, 15) is 4.79 Å². The van der Waals surface area contributed by atoms with Crippen molar-refractivity contribution in [3.8, 4) is 0 Å². The van der Waals surface area contributed by atoms with Crippen LogP contribution in [0.4, 0.5) is 0 Å². The Hall–Kier alpha value is -0.690. The van der Waals surface area contributed by atoms with E-state index in [1.54, 1.807) is 6.92 Å². The maximum atomic E-state index is 12.5. The van der Waals surface area contributed by atoms with Crippen molar-refractivity contribution in [1.82, 2.24) is 15.4 Å². The Kier molecular flexibility index (Phi) is 7.11. The topological polar surface area (TPSA) is 54.0 Å². The zero-order valence-electron chi connectivity index (χ0n) is 21.4. The molecule has 2 rings (SSSR count). The number of piperidine rings is 2. The maximum Gasteiger partial charge on any atom is 0.217 e. The van der Waals surface area contributed by atoms with E-state index in [1.165, 1.54) is 0 Å². The highest BCUT2D eigenvalue weighted by Gasteiger charge is 2.60. The van der Waals surface area contributed by atoms with Gasteiger partial charge in [0.2, 0.25) is 5.91 Å². The van der Waals surface area contributed by atoms with Gasteiger partial charge in [0.15, 0.2) is 0 Å². The third-order valence-electron chi connectivity index (χ3n) is 6.91. The van der Waals surface area contributed by atoms with Crippen molar-refractivity contribution in [1.29, 1.82) is 0 Å². The second kappa shape index (κ2) is 8.34. The average molecular weight is 426 g/mol. The molecule has 2 fully saturated rings. The fourth-order valence-electron chi connectivity index (χ4n) is 7.01. The van der Waals surface area contributed by atoms with Crippen molar-refractivity contribution in [2.24, 2.45) is 5.92 Å². The van der Waals surface area contributed by atoms with Gasteiger partial charge in [-0.1, -0.05) is 0 Å². The fourth-order valence-corrected chi connectivity index (χ4v) is 7.01. The highest BCUT2D eigenvalue weighted by Crippen LogP contribution is 2.53. The van der Waals surface area contributed by atoms with Crippen LogP contribution in [-0.2, 0) is 14.5 Å². The zero-order valence-corrected chi connectivity index (χ0v) is 21.4. The van der Waals surface area contributed by atoms with E-state index in [0.29, 0.717) is 19.1 Å². The molecule has 0 bridgehead atoms. The SMILES string of the molecule is CCON1C(C)(C)CC(C2(NC(C)=O)CC(C)(C)N(OCC)C(C)(C)C2)CC1(C)C. The number of carbonyl (C=O) groups excluding carboxylic acids is 1. The molecule has 6 heteroatoms. The monoisotopic (exact) mass is 425 g/mol. The third-order valence-corrected chi connectivity index (χ3v) is 6.91. The van der Waals surface area contributed by atoms with Crippen molar-refractivity contribution < 1.29 is 14.5 Å². The van der Waals surface area contributed by atoms with E-state index in [4.69, 9.17) is 9.68 Å². The van der Waals surface area contributed by atoms with Crippen molar-refractivity contribution in [2.45, 2.75) is 130 Å². The smallest absolute Gasteiger partial charge is 0.217 e. The second-order valence-corrected chi connectivity index (χ2v) is 12.0. The van der Waals surface area contributed by atoms with Crippen LogP contribution in [0.5, 0.6) is 0 Å². The van der Waals surface area contributed by atoms with Crippen molar-refractivity contribution in [3.05, 3.63) is 0 Å². The molecule has 2 saturated heterocycles. The van der Waals surface area contributed by atoms with Crippen LogP contribution in [-0.4, -0.2) is 56.9 Å². The molecular formula is C24H47N3O3. The molecule has 0 radical (unpaired) electrons. The Labute approximate surface area is 184 Å². The number of rotatable bonds is 6. The normalized spacial score (nSPS) is 28.2. The van der Waals surface area contributed by atoms with Gasteiger partial charge in [-0.15, -0.1) is 0 Å². The Balaban J connectivity index is 2.51. The maximum absolute atomic E-state index is 12.5. The number of amides is 1. The van der Waals surface area contributed by atoms with Crippen LogP contribution in [0.2, 0.25) is 0 Å². The molecule has 0 unspecified atom stereocenters. The van der Waals surface area contributed by atoms with Gasteiger partial charge in [-0.05, 0) is 101 Å². The summed E-state index contributed by atoms with van der Waals surface area (Å²) in [5.41, 5.74) is -0.950. The lowest BCUT2D eigenvalue weighted by Crippen LogP contribution is -2.73. The fraction of sp³-hybridized carbons (Fsp3) is 0.958. The van der Waals surface area contributed by atoms with Crippen LogP contribution in [0.3, 0.4) is 0 Å². The summed E-state index contributed by atoms with van der Waals surface area (Å²) in [5.74, 6) is 0.389. The molecule has 2 heterocycles. The lowest BCUT2D eigenvalue weighted by Gasteiger charge is -2.64. The first-order chi connectivity index (χ1) is 13.5. The summed E-state index contributed by atoms with van der Waals surface area (Å²) in [4.78, 5) is 24.7. The molecule has 176 valence electrons. The lowest BCUT2D eigenvalue weighted by molar-refractivity contribution is -0.308. The van der Waals surface area contributed by atoms with Crippen LogP contribution in [0.25, 0.3) is 0 Å². The highest BCUT2D eigenvalue weighted by atomic mass is 16.7. The van der Waals surface area contributed by atoms with Gasteiger partial charge < -0.3 is 5.32 Å². The molecule has 0 spiro atoms. The van der Waals surface area contributed by atoms with Gasteiger partial charge in [0.05, 0.1) is 13.2 Å². The minimum absolute atomic E-state index is 0.0503. The molecule has 2 aliphatic rings. The predicted molar refractivity (Wildman–Crippen MR) is 122 cm³/mol. The number of carbonyl (C=O) groups is 1. The number of nitrogens with one attached hydrogen (secondary N) is 1. The molecular weight excluding hydrogens is 378 g/mol. The minimum Gasteiger partial charge on any atom is -0.350 e. The van der Waals surface area contributed by atoms with Crippen LogP contribution in [0, 0.1) is 5.92 Å². The van der Waals surface area contributed by atoms with Gasteiger partial charge in [0, 0.05) is 34.6 Å². The van der Waals surface area contributed by atoms with E-state index in [2.05, 4.69) is 70.8 Å². The first-order valence-electron chi connectivity index (χ1n) is 11.7. The largest absolute Gasteiger partial charge is 0.350 e. The molecule has 1 amide bonds. The first kappa shape index (κ1) is 25.6. The molecule has 0 aromatic heterocycles. The summed E-state index contributed by atoms with van der Waals surface area (Å²) in [6, 6.07) is 0. The van der Waals surface area contributed by atoms with E-state index in [1.807, 2.05) is 13.8 Å². The Morgan fingerprint density at radius 2 is 1.17 bits per heavy atom. The van der Waals surface area contributed by atoms with E-state index < -0.39 is 0 Å². The lowest BCUT2D eigenvalue weighted by atomic mass is 9.58. The van der Waals surface area contributed by atoms with Crippen LogP contribution in [0.15, 0.2) is 0 Å². The average Bonchev–Trinajstić information content (AvgIpc) is 2.52. The van der Waals surface area contributed by atoms with Crippen LogP contribution < -0.4 is 5.32 Å². The highest BCUT2D eigenvalue weighted by molar-refractivity contribution is 5.74. The van der Waals surface area contributed by atoms with Crippen molar-refractivity contribution >= 4 is 5.91 Å². The van der Waals surface area contributed by atoms with Gasteiger partial charge in [0.1, 0.15) is 0 Å². The molecule has 0 aliphatic carbocycles. The molecule has 1 N–H and O–H groups in total. The molecule has 6 nitrogen and oxygen atoms in total. The predicted octanol–water partition coefficient (Wildman–Crippen LogP) is 4.69. The molecule has 2 aliphatic heterocycles. The quantitative estimate of drug-likeness (QED) is 0.669. The Morgan fingerprint density at radius 3 is 1.50 bits per heavy atom. The summed E-state index contributed by atoms with van der Waals surface area (Å²) < 4.78 is 0. The van der Waals surface area contributed by atoms with Gasteiger partial charge >= 0.3 is 0 Å². The second-order valence-electron chi connectivity index (χ2n) is 12.0. The van der Waals surface area contributed by atoms with E-state index >= 15 is 0 Å². The third kappa shape index (κ3) is 4.87. The molecule has 0 aromatic carbocycles. The van der Waals surface area contributed by atoms with E-state index in [0.717, 1.165) is 25.7 Å². The number of hydroxylamine groups is 4. The first-order valence-corrected chi connectivity index (χ1v) is 11.7. The summed E-state index contributed by atoms with van der Waals surface area (Å²) in [6.45, 7) is 25.1. The summed E-state index contributed by atoms with van der Waals surface area (Å²) >= 11 is 0. The standard InChI is InChI=1S/C24H47N3O3/c1-12-29-26-20(4,5)14-19(15-21(26,6)7)24(25-18(3)28)16-22(8,9)27(30-13-2)23(10,11)17-24/h19H,12-17H2,1-11H3,(H,25,28). The van der Waals surface area contributed by atoms with Crippen molar-refractivity contribution in [2.75, 3.05) is 13.2 Å². The number of hydrogen-bond donors (Lipinski definition) is 1. The summed E-state index contributed by atoms with van der Waals surface area (Å²) in [7, 11) is 0. The molecule has 0 atom stereocenters. The molecule has 0 saturated carbocycles. The Bertz CT molecular complexity index is 591. The van der Waals surface area contributed by atoms with Gasteiger partial charge in [-0.2, -0.15) is 10.1 Å². The number of nitrogens with zero attached hydrogens (tertiary/aromatic N) is 2. The Morgan fingerprint density at radius 1 is 0.800 bits per heavy atom. The van der Waals surface area contributed by atoms with Crippen LogP contribution in [0.1, 0.15) is 102 Å². The molecule has 30 heavy (non-hydrogen) atoms. The van der Waals surface area contributed by atoms with E-state index in [-0.39, 0.29) is 33.6 Å². The van der Waals surface area contributed by atoms with Crippen LogP contribution >= 0.6 is 0 Å². The van der Waals surface area contributed by atoms with Crippen molar-refractivity contribution in [3.63, 3.8) is 0 Å². The number of hydrogen-bond acceptors (Lipinski definition) is 5. The van der Waals surface area contributed by atoms with Gasteiger partial charge in [-0.25, -0.2) is 0 Å². The molecule has 0 aromatic rings. The minimum atomic E-state index is -0.292.